The maximum absolute atomic E-state index is 11.0. The molecule has 90 valence electrons. The summed E-state index contributed by atoms with van der Waals surface area (Å²) in [6.07, 6.45) is 1.42. The molecule has 0 spiro atoms. The van der Waals surface area contributed by atoms with Crippen LogP contribution in [0, 0.1) is 0 Å². The minimum Gasteiger partial charge on any atom is -0.539 e. The molecular formula is C11H15CsO5. The average molecular weight is 360 g/mol. The third-order valence-corrected chi connectivity index (χ3v) is 2.50. The standard InChI is InChI=1S/C11H16O5.Cs/c1-8(2)7-11(3-5-15-6-4-11)16-10(14)9(12)13;/h1,3-7H2,2H3,(H,12,13);/q;+1/p-1. The molecule has 0 bridgehead atoms. The number of carboxylic acids is 1. The number of rotatable bonds is 3. The molecule has 1 aliphatic heterocycles. The van der Waals surface area contributed by atoms with E-state index in [4.69, 9.17) is 9.47 Å². The second-order valence-electron chi connectivity index (χ2n) is 4.11. The Labute approximate surface area is 159 Å². The SMILES string of the molecule is C=C(C)CC1(OC(=O)C(=O)[O-])CCOCC1.[Cs+]. The molecule has 0 amide bonds. The second kappa shape index (κ2) is 7.98. The first kappa shape index (κ1) is 17.7. The van der Waals surface area contributed by atoms with Gasteiger partial charge in [0.15, 0.2) is 5.97 Å². The van der Waals surface area contributed by atoms with Gasteiger partial charge in [-0.15, -0.1) is 0 Å². The fraction of sp³-hybridized carbons (Fsp3) is 0.636. The van der Waals surface area contributed by atoms with Crippen LogP contribution in [0.3, 0.4) is 0 Å². The van der Waals surface area contributed by atoms with Gasteiger partial charge in [0.05, 0.1) is 13.2 Å². The number of ether oxygens (including phenoxy) is 2. The van der Waals surface area contributed by atoms with Gasteiger partial charge in [0.2, 0.25) is 0 Å². The predicted octanol–water partition coefficient (Wildman–Crippen LogP) is -3.20. The van der Waals surface area contributed by atoms with Crippen LogP contribution in [0.4, 0.5) is 0 Å². The van der Waals surface area contributed by atoms with E-state index in [9.17, 15) is 14.7 Å². The molecule has 17 heavy (non-hydrogen) atoms. The molecule has 6 heteroatoms. The zero-order chi connectivity index (χ0) is 12.2. The van der Waals surface area contributed by atoms with Gasteiger partial charge < -0.3 is 19.4 Å². The monoisotopic (exact) mass is 360 g/mol. The first-order valence-corrected chi connectivity index (χ1v) is 5.12. The maximum Gasteiger partial charge on any atom is 1.00 e. The summed E-state index contributed by atoms with van der Waals surface area (Å²) in [5.41, 5.74) is 0.0503. The Morgan fingerprint density at radius 3 is 2.35 bits per heavy atom. The first-order chi connectivity index (χ1) is 7.45. The summed E-state index contributed by atoms with van der Waals surface area (Å²) in [6.45, 7) is 6.46. The van der Waals surface area contributed by atoms with E-state index in [0.29, 0.717) is 32.5 Å². The van der Waals surface area contributed by atoms with Crippen LogP contribution in [0.25, 0.3) is 0 Å². The van der Waals surface area contributed by atoms with Crippen LogP contribution in [-0.4, -0.2) is 30.8 Å². The van der Waals surface area contributed by atoms with Crippen LogP contribution in [-0.2, 0) is 19.1 Å². The van der Waals surface area contributed by atoms with Gasteiger partial charge in [-0.05, 0) is 6.92 Å². The summed E-state index contributed by atoms with van der Waals surface area (Å²) < 4.78 is 10.2. The molecule has 0 N–H and O–H groups in total. The van der Waals surface area contributed by atoms with E-state index < -0.39 is 17.5 Å². The van der Waals surface area contributed by atoms with Gasteiger partial charge in [-0.1, -0.05) is 12.2 Å². The van der Waals surface area contributed by atoms with Crippen molar-refractivity contribution in [3.05, 3.63) is 12.2 Å². The van der Waals surface area contributed by atoms with Crippen molar-refractivity contribution in [3.8, 4) is 0 Å². The number of hydrogen-bond donors (Lipinski definition) is 0. The maximum atomic E-state index is 11.0. The molecule has 0 aromatic carbocycles. The van der Waals surface area contributed by atoms with E-state index in [1.807, 2.05) is 6.92 Å². The first-order valence-electron chi connectivity index (χ1n) is 5.12. The number of aliphatic carboxylic acids is 1. The molecule has 0 aliphatic carbocycles. The Morgan fingerprint density at radius 2 is 1.94 bits per heavy atom. The molecule has 5 nitrogen and oxygen atoms in total. The van der Waals surface area contributed by atoms with Crippen molar-refractivity contribution in [1.82, 2.24) is 0 Å². The van der Waals surface area contributed by atoms with Crippen molar-refractivity contribution in [2.45, 2.75) is 31.8 Å². The van der Waals surface area contributed by atoms with E-state index in [2.05, 4.69) is 6.58 Å². The minimum absolute atomic E-state index is 0. The van der Waals surface area contributed by atoms with Crippen molar-refractivity contribution in [1.29, 1.82) is 0 Å². The van der Waals surface area contributed by atoms with Crippen LogP contribution in [0.15, 0.2) is 12.2 Å². The van der Waals surface area contributed by atoms with E-state index in [1.165, 1.54) is 0 Å². The van der Waals surface area contributed by atoms with Gasteiger partial charge in [-0.25, -0.2) is 4.79 Å². The van der Waals surface area contributed by atoms with E-state index in [1.54, 1.807) is 0 Å². The molecule has 0 aromatic rings. The van der Waals surface area contributed by atoms with E-state index in [0.717, 1.165) is 5.57 Å². The topological polar surface area (TPSA) is 75.7 Å². The van der Waals surface area contributed by atoms with Crippen molar-refractivity contribution in [3.63, 3.8) is 0 Å². The predicted molar refractivity (Wildman–Crippen MR) is 53.3 cm³/mol. The molecule has 0 atom stereocenters. The quantitative estimate of drug-likeness (QED) is 0.301. The van der Waals surface area contributed by atoms with Gasteiger partial charge in [0.1, 0.15) is 5.60 Å². The van der Waals surface area contributed by atoms with Crippen molar-refractivity contribution in [2.24, 2.45) is 0 Å². The average Bonchev–Trinajstić information content (AvgIpc) is 2.17. The Balaban J connectivity index is 0.00000256. The summed E-state index contributed by atoms with van der Waals surface area (Å²) in [7, 11) is 0. The fourth-order valence-corrected chi connectivity index (χ4v) is 1.85. The molecule has 1 fully saturated rings. The Morgan fingerprint density at radius 1 is 1.41 bits per heavy atom. The van der Waals surface area contributed by atoms with Crippen molar-refractivity contribution >= 4 is 11.9 Å². The number of carboxylic acid groups (broad SMARTS) is 1. The molecule has 0 aromatic heterocycles. The minimum atomic E-state index is -1.81. The van der Waals surface area contributed by atoms with Crippen molar-refractivity contribution in [2.75, 3.05) is 13.2 Å². The largest absolute Gasteiger partial charge is 1.00 e. The summed E-state index contributed by atoms with van der Waals surface area (Å²) in [5.74, 6) is -3.13. The number of carbonyl (C=O) groups is 2. The Hall–Kier alpha value is 0.692. The van der Waals surface area contributed by atoms with Gasteiger partial charge >= 0.3 is 74.9 Å². The zero-order valence-corrected chi connectivity index (χ0v) is 16.6. The molecule has 1 rings (SSSR count). The number of carbonyl (C=O) groups excluding carboxylic acids is 2. The normalized spacial score (nSPS) is 17.7. The molecule has 1 heterocycles. The number of esters is 1. The van der Waals surface area contributed by atoms with Gasteiger partial charge in [0.25, 0.3) is 0 Å². The zero-order valence-electron chi connectivity index (χ0n) is 10.3. The molecule has 1 saturated heterocycles. The fourth-order valence-electron chi connectivity index (χ4n) is 1.85. The van der Waals surface area contributed by atoms with Crippen molar-refractivity contribution < 1.29 is 93.1 Å². The van der Waals surface area contributed by atoms with Crippen LogP contribution < -0.4 is 74.0 Å². The van der Waals surface area contributed by atoms with Crippen LogP contribution in [0.5, 0.6) is 0 Å². The van der Waals surface area contributed by atoms with Gasteiger partial charge in [0, 0.05) is 19.3 Å². The number of hydrogen-bond acceptors (Lipinski definition) is 5. The van der Waals surface area contributed by atoms with Crippen LogP contribution in [0.1, 0.15) is 26.2 Å². The molecular weight excluding hydrogens is 345 g/mol. The summed E-state index contributed by atoms with van der Waals surface area (Å²) in [6, 6.07) is 0. The van der Waals surface area contributed by atoms with E-state index >= 15 is 0 Å². The molecule has 0 radical (unpaired) electrons. The third-order valence-electron chi connectivity index (χ3n) is 2.50. The van der Waals surface area contributed by atoms with Crippen LogP contribution >= 0.6 is 0 Å². The summed E-state index contributed by atoms with van der Waals surface area (Å²) >= 11 is 0. The summed E-state index contributed by atoms with van der Waals surface area (Å²) in [5, 5.41) is 10.4. The van der Waals surface area contributed by atoms with Crippen LogP contribution in [0.2, 0.25) is 0 Å². The second-order valence-corrected chi connectivity index (χ2v) is 4.11. The molecule has 0 unspecified atom stereocenters. The van der Waals surface area contributed by atoms with Gasteiger partial charge in [-0.3, -0.25) is 0 Å². The smallest absolute Gasteiger partial charge is 0.539 e. The molecule has 1 aliphatic rings. The Bertz CT molecular complexity index is 307. The van der Waals surface area contributed by atoms with E-state index in [-0.39, 0.29) is 68.9 Å². The Kier molecular flexibility index (Phi) is 8.31. The van der Waals surface area contributed by atoms with Gasteiger partial charge in [-0.2, -0.15) is 0 Å². The third kappa shape index (κ3) is 5.91. The summed E-state index contributed by atoms with van der Waals surface area (Å²) in [4.78, 5) is 21.4. The molecule has 0 saturated carbocycles.